The Labute approximate surface area is 206 Å². The molecule has 1 aliphatic rings. The van der Waals surface area contributed by atoms with Crippen molar-refractivity contribution in [3.8, 4) is 0 Å². The molecule has 7 heteroatoms. The average molecular weight is 484 g/mol. The summed E-state index contributed by atoms with van der Waals surface area (Å²) >= 11 is 0. The van der Waals surface area contributed by atoms with Crippen molar-refractivity contribution in [2.45, 2.75) is 102 Å². The van der Waals surface area contributed by atoms with Crippen molar-refractivity contribution in [1.82, 2.24) is 4.90 Å². The van der Waals surface area contributed by atoms with Gasteiger partial charge in [0, 0.05) is 31.8 Å². The highest BCUT2D eigenvalue weighted by Gasteiger charge is 2.39. The van der Waals surface area contributed by atoms with Crippen LogP contribution < -0.4 is 0 Å². The van der Waals surface area contributed by atoms with E-state index in [4.69, 9.17) is 5.11 Å². The van der Waals surface area contributed by atoms with Gasteiger partial charge in [0.05, 0.1) is 24.9 Å². The number of carbonyl (C=O) groups is 1. The van der Waals surface area contributed by atoms with Crippen LogP contribution >= 0.6 is 0 Å². The van der Waals surface area contributed by atoms with Crippen molar-refractivity contribution in [3.05, 3.63) is 24.3 Å². The number of hydrogen-bond donors (Lipinski definition) is 5. The molecule has 0 bridgehead atoms. The molecule has 5 N–H and O–H groups in total. The lowest BCUT2D eigenvalue weighted by Crippen LogP contribution is -2.28. The molecule has 1 rings (SSSR count). The number of carboxylic acids is 1. The maximum Gasteiger partial charge on any atom is 0.303 e. The van der Waals surface area contributed by atoms with Crippen LogP contribution in [0.15, 0.2) is 24.3 Å². The zero-order valence-electron chi connectivity index (χ0n) is 21.1. The van der Waals surface area contributed by atoms with E-state index in [1.807, 2.05) is 18.2 Å². The quantitative estimate of drug-likeness (QED) is 0.133. The standard InChI is InChI=1S/C27H49NO6/c1-2-3-7-12-22(30)15-16-24-23(25(31)21-26(24)32)13-8-6-11-18-28(19-20-29)17-10-5-4-9-14-27(33)34/h5,10,15-16,22-26,29-32H,2-4,6-9,11-14,17-21H2,1H3,(H,33,34). The van der Waals surface area contributed by atoms with E-state index < -0.39 is 24.3 Å². The minimum Gasteiger partial charge on any atom is -0.481 e. The fraction of sp³-hybridized carbons (Fsp3) is 0.815. The van der Waals surface area contributed by atoms with E-state index in [9.17, 15) is 25.2 Å². The predicted molar refractivity (Wildman–Crippen MR) is 136 cm³/mol. The molecule has 5 atom stereocenters. The first-order valence-electron chi connectivity index (χ1n) is 13.3. The van der Waals surface area contributed by atoms with Gasteiger partial charge in [0.2, 0.25) is 0 Å². The lowest BCUT2D eigenvalue weighted by molar-refractivity contribution is -0.137. The maximum absolute atomic E-state index is 10.5. The first kappa shape index (κ1) is 30.8. The van der Waals surface area contributed by atoms with E-state index in [1.165, 1.54) is 0 Å². The van der Waals surface area contributed by atoms with E-state index in [0.29, 0.717) is 19.4 Å². The highest BCUT2D eigenvalue weighted by molar-refractivity contribution is 5.66. The zero-order chi connectivity index (χ0) is 25.2. The second-order valence-corrected chi connectivity index (χ2v) is 9.69. The zero-order valence-corrected chi connectivity index (χ0v) is 21.1. The lowest BCUT2D eigenvalue weighted by Gasteiger charge is -2.22. The van der Waals surface area contributed by atoms with Crippen LogP contribution in [0.1, 0.15) is 84.0 Å². The van der Waals surface area contributed by atoms with Crippen molar-refractivity contribution in [2.75, 3.05) is 26.2 Å². The van der Waals surface area contributed by atoms with Gasteiger partial charge in [-0.3, -0.25) is 9.69 Å². The van der Waals surface area contributed by atoms with Crippen LogP contribution in [0.3, 0.4) is 0 Å². The monoisotopic (exact) mass is 483 g/mol. The normalized spacial score (nSPS) is 24.1. The number of aliphatic carboxylic acids is 1. The highest BCUT2D eigenvalue weighted by Crippen LogP contribution is 2.37. The van der Waals surface area contributed by atoms with Crippen molar-refractivity contribution in [2.24, 2.45) is 11.8 Å². The largest absolute Gasteiger partial charge is 0.481 e. The predicted octanol–water partition coefficient (Wildman–Crippen LogP) is 3.51. The van der Waals surface area contributed by atoms with Gasteiger partial charge in [-0.2, -0.15) is 0 Å². The SMILES string of the molecule is CCCCCC(O)C=CC1C(O)CC(O)C1CCCCCN(CC=CCCCC(=O)O)CCO. The van der Waals surface area contributed by atoms with Crippen molar-refractivity contribution >= 4 is 5.97 Å². The molecule has 0 spiro atoms. The van der Waals surface area contributed by atoms with Crippen LogP contribution in [0, 0.1) is 11.8 Å². The molecule has 0 heterocycles. The second kappa shape index (κ2) is 19.0. The molecule has 7 nitrogen and oxygen atoms in total. The van der Waals surface area contributed by atoms with Gasteiger partial charge in [-0.15, -0.1) is 0 Å². The van der Waals surface area contributed by atoms with Crippen LogP contribution in [0.5, 0.6) is 0 Å². The Morgan fingerprint density at radius 3 is 2.53 bits per heavy atom. The van der Waals surface area contributed by atoms with Crippen LogP contribution in [-0.4, -0.2) is 81.0 Å². The summed E-state index contributed by atoms with van der Waals surface area (Å²) in [5, 5.41) is 49.0. The first-order valence-corrected chi connectivity index (χ1v) is 13.3. The fourth-order valence-electron chi connectivity index (χ4n) is 4.77. The number of aliphatic hydroxyl groups excluding tert-OH is 4. The molecular formula is C27H49NO6. The van der Waals surface area contributed by atoms with Gasteiger partial charge < -0.3 is 25.5 Å². The van der Waals surface area contributed by atoms with Crippen molar-refractivity contribution in [3.63, 3.8) is 0 Å². The summed E-state index contributed by atoms with van der Waals surface area (Å²) in [7, 11) is 0. The molecule has 0 amide bonds. The summed E-state index contributed by atoms with van der Waals surface area (Å²) in [5.41, 5.74) is 0. The maximum atomic E-state index is 10.5. The Hall–Kier alpha value is -1.25. The van der Waals surface area contributed by atoms with Crippen LogP contribution in [-0.2, 0) is 4.79 Å². The molecule has 0 aromatic rings. The Morgan fingerprint density at radius 1 is 1.03 bits per heavy atom. The van der Waals surface area contributed by atoms with Crippen LogP contribution in [0.4, 0.5) is 0 Å². The molecule has 0 saturated heterocycles. The molecule has 0 aromatic heterocycles. The summed E-state index contributed by atoms with van der Waals surface area (Å²) in [6, 6.07) is 0. The van der Waals surface area contributed by atoms with E-state index in [2.05, 4.69) is 11.8 Å². The van der Waals surface area contributed by atoms with Gasteiger partial charge in [-0.1, -0.05) is 63.3 Å². The third-order valence-corrected chi connectivity index (χ3v) is 6.79. The molecule has 0 aliphatic heterocycles. The first-order chi connectivity index (χ1) is 16.4. The molecule has 1 saturated carbocycles. The van der Waals surface area contributed by atoms with Crippen molar-refractivity contribution < 1.29 is 30.3 Å². The van der Waals surface area contributed by atoms with E-state index in [1.54, 1.807) is 6.08 Å². The minimum absolute atomic E-state index is 0.0244. The van der Waals surface area contributed by atoms with Gasteiger partial charge in [0.15, 0.2) is 0 Å². The molecule has 198 valence electrons. The van der Waals surface area contributed by atoms with Crippen LogP contribution in [0.2, 0.25) is 0 Å². The summed E-state index contributed by atoms with van der Waals surface area (Å²) in [6.07, 6.45) is 16.0. The van der Waals surface area contributed by atoms with Crippen LogP contribution in [0.25, 0.3) is 0 Å². The van der Waals surface area contributed by atoms with Crippen molar-refractivity contribution in [1.29, 1.82) is 0 Å². The summed E-state index contributed by atoms with van der Waals surface area (Å²) in [6.45, 7) is 4.48. The number of aliphatic hydroxyl groups is 4. The number of rotatable bonds is 20. The fourth-order valence-corrected chi connectivity index (χ4v) is 4.77. The van der Waals surface area contributed by atoms with E-state index in [-0.39, 0.29) is 24.9 Å². The third kappa shape index (κ3) is 13.6. The number of unbranched alkanes of at least 4 members (excludes halogenated alkanes) is 5. The molecule has 0 radical (unpaired) electrons. The Morgan fingerprint density at radius 2 is 1.82 bits per heavy atom. The number of hydrogen-bond acceptors (Lipinski definition) is 6. The molecular weight excluding hydrogens is 434 g/mol. The number of carboxylic acid groups (broad SMARTS) is 1. The second-order valence-electron chi connectivity index (χ2n) is 9.69. The minimum atomic E-state index is -0.766. The summed E-state index contributed by atoms with van der Waals surface area (Å²) in [5.74, 6) is -0.846. The molecule has 34 heavy (non-hydrogen) atoms. The topological polar surface area (TPSA) is 121 Å². The average Bonchev–Trinajstić information content (AvgIpc) is 3.06. The third-order valence-electron chi connectivity index (χ3n) is 6.79. The van der Waals surface area contributed by atoms with E-state index in [0.717, 1.165) is 70.9 Å². The van der Waals surface area contributed by atoms with Gasteiger partial charge in [-0.05, 0) is 44.6 Å². The van der Waals surface area contributed by atoms with Gasteiger partial charge in [0.25, 0.3) is 0 Å². The lowest BCUT2D eigenvalue weighted by atomic mass is 9.88. The summed E-state index contributed by atoms with van der Waals surface area (Å²) < 4.78 is 0. The van der Waals surface area contributed by atoms with Gasteiger partial charge in [0.1, 0.15) is 0 Å². The van der Waals surface area contributed by atoms with E-state index >= 15 is 0 Å². The molecule has 1 aliphatic carbocycles. The van der Waals surface area contributed by atoms with Gasteiger partial charge in [-0.25, -0.2) is 0 Å². The Kier molecular flexibility index (Phi) is 17.2. The Balaban J connectivity index is 2.35. The van der Waals surface area contributed by atoms with Gasteiger partial charge >= 0.3 is 5.97 Å². The summed E-state index contributed by atoms with van der Waals surface area (Å²) in [4.78, 5) is 12.7. The molecule has 5 unspecified atom stereocenters. The molecule has 1 fully saturated rings. The highest BCUT2D eigenvalue weighted by atomic mass is 16.4. The Bertz CT molecular complexity index is 581. The molecule has 0 aromatic carbocycles. The number of nitrogens with zero attached hydrogens (tertiary/aromatic N) is 1. The smallest absolute Gasteiger partial charge is 0.303 e. The number of allylic oxidation sites excluding steroid dienone is 1.